The zero-order valence-electron chi connectivity index (χ0n) is 11.6. The van der Waals surface area contributed by atoms with Gasteiger partial charge in [-0.1, -0.05) is 6.92 Å². The van der Waals surface area contributed by atoms with Gasteiger partial charge in [0.15, 0.2) is 5.13 Å². The molecule has 0 bridgehead atoms. The van der Waals surface area contributed by atoms with Crippen LogP contribution < -0.4 is 10.2 Å². The quantitative estimate of drug-likeness (QED) is 0.882. The largest absolute Gasteiger partial charge is 0.348 e. The fourth-order valence-corrected chi connectivity index (χ4v) is 3.36. The lowest BCUT2D eigenvalue weighted by Crippen LogP contribution is -2.43. The molecule has 0 atom stereocenters. The van der Waals surface area contributed by atoms with Crippen molar-refractivity contribution in [1.82, 2.24) is 15.2 Å². The van der Waals surface area contributed by atoms with E-state index in [0.29, 0.717) is 6.04 Å². The Morgan fingerprint density at radius 2 is 2.22 bits per heavy atom. The summed E-state index contributed by atoms with van der Waals surface area (Å²) in [7, 11) is 4.15. The number of thiazole rings is 1. The van der Waals surface area contributed by atoms with Crippen LogP contribution >= 0.6 is 11.3 Å². The van der Waals surface area contributed by atoms with Crippen LogP contribution in [0, 0.1) is 0 Å². The average Bonchev–Trinajstić information content (AvgIpc) is 2.87. The van der Waals surface area contributed by atoms with Crippen LogP contribution in [0.2, 0.25) is 0 Å². The number of hydrogen-bond acceptors (Lipinski definition) is 5. The normalized spacial score (nSPS) is 18.2. The van der Waals surface area contributed by atoms with E-state index < -0.39 is 0 Å². The summed E-state index contributed by atoms with van der Waals surface area (Å²) in [6, 6.07) is 0.654. The van der Waals surface area contributed by atoms with Crippen LogP contribution in [0.15, 0.2) is 5.38 Å². The van der Waals surface area contributed by atoms with E-state index in [9.17, 15) is 0 Å². The lowest BCUT2D eigenvalue weighted by Gasteiger charge is -2.36. The van der Waals surface area contributed by atoms with Crippen molar-refractivity contribution in [3.63, 3.8) is 0 Å². The van der Waals surface area contributed by atoms with Gasteiger partial charge < -0.3 is 15.1 Å². The van der Waals surface area contributed by atoms with Crippen LogP contribution in [0.3, 0.4) is 0 Å². The van der Waals surface area contributed by atoms with E-state index in [-0.39, 0.29) is 0 Å². The maximum atomic E-state index is 4.68. The third-order valence-corrected chi connectivity index (χ3v) is 4.73. The highest BCUT2D eigenvalue weighted by Crippen LogP contribution is 2.25. The number of nitrogens with zero attached hydrogens (tertiary/aromatic N) is 3. The van der Waals surface area contributed by atoms with Crippen LogP contribution in [0.5, 0.6) is 0 Å². The molecule has 0 radical (unpaired) electrons. The summed E-state index contributed by atoms with van der Waals surface area (Å²) in [5, 5.41) is 6.47. The number of rotatable bonds is 5. The third-order valence-electron chi connectivity index (χ3n) is 3.75. The molecular weight excluding hydrogens is 244 g/mol. The van der Waals surface area contributed by atoms with Crippen LogP contribution in [-0.2, 0) is 6.54 Å². The number of piperidine rings is 1. The molecule has 4 nitrogen and oxygen atoms in total. The molecule has 0 amide bonds. The first kappa shape index (κ1) is 13.8. The van der Waals surface area contributed by atoms with Crippen molar-refractivity contribution in [2.24, 2.45) is 0 Å². The van der Waals surface area contributed by atoms with Gasteiger partial charge in [0.1, 0.15) is 0 Å². The summed E-state index contributed by atoms with van der Waals surface area (Å²) in [6.07, 6.45) is 2.51. The summed E-state index contributed by atoms with van der Waals surface area (Å²) in [4.78, 5) is 9.58. The van der Waals surface area contributed by atoms with Gasteiger partial charge in [-0.3, -0.25) is 0 Å². The first-order valence-corrected chi connectivity index (χ1v) is 7.66. The molecule has 18 heavy (non-hydrogen) atoms. The lowest BCUT2D eigenvalue weighted by atomic mass is 10.0. The average molecular weight is 268 g/mol. The van der Waals surface area contributed by atoms with Crippen molar-refractivity contribution in [3.05, 3.63) is 11.1 Å². The Kier molecular flexibility index (Phi) is 4.97. The van der Waals surface area contributed by atoms with E-state index in [0.717, 1.165) is 17.4 Å². The molecule has 1 aromatic rings. The fourth-order valence-electron chi connectivity index (χ4n) is 2.50. The Morgan fingerprint density at radius 3 is 2.83 bits per heavy atom. The highest BCUT2D eigenvalue weighted by atomic mass is 32.1. The highest BCUT2D eigenvalue weighted by Gasteiger charge is 2.23. The standard InChI is InChI=1S/C13H24N4S/c1-4-17-7-5-12(6-8-17)16(3)13-15-11(9-14-2)10-18-13/h10,12,14H,4-9H2,1-3H3. The van der Waals surface area contributed by atoms with Crippen molar-refractivity contribution in [3.8, 4) is 0 Å². The number of hydrogen-bond donors (Lipinski definition) is 1. The predicted molar refractivity (Wildman–Crippen MR) is 78.4 cm³/mol. The maximum absolute atomic E-state index is 4.68. The van der Waals surface area contributed by atoms with Crippen LogP contribution in [0.4, 0.5) is 5.13 Å². The van der Waals surface area contributed by atoms with Gasteiger partial charge in [-0.05, 0) is 26.4 Å². The topological polar surface area (TPSA) is 31.4 Å². The van der Waals surface area contributed by atoms with Crippen LogP contribution in [0.25, 0.3) is 0 Å². The molecule has 0 saturated carbocycles. The second-order valence-corrected chi connectivity index (χ2v) is 5.76. The maximum Gasteiger partial charge on any atom is 0.185 e. The fraction of sp³-hybridized carbons (Fsp3) is 0.769. The number of aromatic nitrogens is 1. The molecule has 2 heterocycles. The van der Waals surface area contributed by atoms with E-state index in [2.05, 4.69) is 39.5 Å². The Labute approximate surface area is 114 Å². The molecular formula is C13H24N4S. The second kappa shape index (κ2) is 6.50. The van der Waals surface area contributed by atoms with E-state index >= 15 is 0 Å². The third kappa shape index (κ3) is 3.22. The molecule has 0 aromatic carbocycles. The Balaban J connectivity index is 1.92. The van der Waals surface area contributed by atoms with Crippen molar-refractivity contribution >= 4 is 16.5 Å². The van der Waals surface area contributed by atoms with Gasteiger partial charge in [0.2, 0.25) is 0 Å². The van der Waals surface area contributed by atoms with E-state index in [1.54, 1.807) is 11.3 Å². The first-order chi connectivity index (χ1) is 8.74. The van der Waals surface area contributed by atoms with E-state index in [1.165, 1.54) is 32.5 Å². The summed E-state index contributed by atoms with van der Waals surface area (Å²) >= 11 is 1.76. The predicted octanol–water partition coefficient (Wildman–Crippen LogP) is 1.78. The van der Waals surface area contributed by atoms with Crippen molar-refractivity contribution in [2.75, 3.05) is 38.6 Å². The summed E-state index contributed by atoms with van der Waals surface area (Å²) in [5.41, 5.74) is 1.15. The van der Waals surface area contributed by atoms with Crippen molar-refractivity contribution in [2.45, 2.75) is 32.4 Å². The number of anilines is 1. The van der Waals surface area contributed by atoms with Gasteiger partial charge in [0.05, 0.1) is 5.69 Å². The smallest absolute Gasteiger partial charge is 0.185 e. The lowest BCUT2D eigenvalue weighted by molar-refractivity contribution is 0.221. The van der Waals surface area contributed by atoms with Gasteiger partial charge in [0, 0.05) is 38.1 Å². The zero-order chi connectivity index (χ0) is 13.0. The van der Waals surface area contributed by atoms with Gasteiger partial charge >= 0.3 is 0 Å². The molecule has 1 saturated heterocycles. The van der Waals surface area contributed by atoms with Crippen molar-refractivity contribution < 1.29 is 0 Å². The van der Waals surface area contributed by atoms with Gasteiger partial charge in [-0.15, -0.1) is 11.3 Å². The number of likely N-dealkylation sites (tertiary alicyclic amines) is 1. The molecule has 1 N–H and O–H groups in total. The molecule has 2 rings (SSSR count). The molecule has 1 aliphatic rings. The molecule has 0 aliphatic carbocycles. The molecule has 0 spiro atoms. The van der Waals surface area contributed by atoms with Crippen LogP contribution in [-0.4, -0.2) is 49.7 Å². The van der Waals surface area contributed by atoms with Gasteiger partial charge in [-0.25, -0.2) is 4.98 Å². The molecule has 1 fully saturated rings. The second-order valence-electron chi connectivity index (χ2n) is 4.93. The SMILES string of the molecule is CCN1CCC(N(C)c2nc(CNC)cs2)CC1. The zero-order valence-corrected chi connectivity index (χ0v) is 12.5. The Hall–Kier alpha value is -0.650. The minimum absolute atomic E-state index is 0.654. The number of nitrogens with one attached hydrogen (secondary N) is 1. The van der Waals surface area contributed by atoms with E-state index in [1.807, 2.05) is 7.05 Å². The minimum atomic E-state index is 0.654. The Bertz CT molecular complexity index is 358. The monoisotopic (exact) mass is 268 g/mol. The molecule has 1 aliphatic heterocycles. The molecule has 1 aromatic heterocycles. The van der Waals surface area contributed by atoms with E-state index in [4.69, 9.17) is 0 Å². The highest BCUT2D eigenvalue weighted by molar-refractivity contribution is 7.13. The molecule has 102 valence electrons. The summed E-state index contributed by atoms with van der Waals surface area (Å²) < 4.78 is 0. The molecule has 5 heteroatoms. The molecule has 0 unspecified atom stereocenters. The summed E-state index contributed by atoms with van der Waals surface area (Å²) in [5.74, 6) is 0. The Morgan fingerprint density at radius 1 is 1.50 bits per heavy atom. The van der Waals surface area contributed by atoms with Gasteiger partial charge in [-0.2, -0.15) is 0 Å². The first-order valence-electron chi connectivity index (χ1n) is 6.78. The van der Waals surface area contributed by atoms with Crippen molar-refractivity contribution in [1.29, 1.82) is 0 Å². The van der Waals surface area contributed by atoms with Crippen LogP contribution in [0.1, 0.15) is 25.5 Å². The minimum Gasteiger partial charge on any atom is -0.348 e. The van der Waals surface area contributed by atoms with Gasteiger partial charge in [0.25, 0.3) is 0 Å². The summed E-state index contributed by atoms with van der Waals surface area (Å²) in [6.45, 7) is 6.73.